The van der Waals surface area contributed by atoms with Crippen molar-refractivity contribution in [3.63, 3.8) is 0 Å². The van der Waals surface area contributed by atoms with Gasteiger partial charge >= 0.3 is 5.97 Å². The SMILES string of the molecule is C[C@@H](Br)C(=O)O[C@@H]1[C@@H]2OC[C@H](CC1(Cc1ccccc1)Cc1ccccc1)O2. The Kier molecular flexibility index (Phi) is 5.85. The minimum atomic E-state index is -0.513. The molecule has 2 heterocycles. The minimum absolute atomic E-state index is 0.0359. The average Bonchev–Trinajstić information content (AvgIpc) is 3.09. The molecular formula is C23H25BrO4. The maximum atomic E-state index is 12.5. The molecule has 4 nitrogen and oxygen atoms in total. The maximum Gasteiger partial charge on any atom is 0.319 e. The van der Waals surface area contributed by atoms with Crippen LogP contribution in [-0.4, -0.2) is 35.9 Å². The van der Waals surface area contributed by atoms with Crippen LogP contribution in [0.5, 0.6) is 0 Å². The zero-order chi connectivity index (χ0) is 19.6. The lowest BCUT2D eigenvalue weighted by molar-refractivity contribution is -0.223. The first-order chi connectivity index (χ1) is 13.6. The van der Waals surface area contributed by atoms with Gasteiger partial charge in [-0.2, -0.15) is 0 Å². The molecule has 0 spiro atoms. The van der Waals surface area contributed by atoms with Gasteiger partial charge in [0.2, 0.25) is 0 Å². The van der Waals surface area contributed by atoms with Crippen molar-refractivity contribution in [3.05, 3.63) is 71.8 Å². The molecule has 0 aliphatic carbocycles. The number of ether oxygens (including phenoxy) is 3. The summed E-state index contributed by atoms with van der Waals surface area (Å²) in [6, 6.07) is 20.8. The lowest BCUT2D eigenvalue weighted by Crippen LogP contribution is -2.54. The largest absolute Gasteiger partial charge is 0.455 e. The molecule has 148 valence electrons. The summed E-state index contributed by atoms with van der Waals surface area (Å²) >= 11 is 3.33. The van der Waals surface area contributed by atoms with E-state index < -0.39 is 12.4 Å². The van der Waals surface area contributed by atoms with E-state index in [0.717, 1.165) is 19.3 Å². The summed E-state index contributed by atoms with van der Waals surface area (Å²) in [4.78, 5) is 12.1. The third kappa shape index (κ3) is 4.17. The van der Waals surface area contributed by atoms with Crippen LogP contribution in [0.2, 0.25) is 0 Å². The van der Waals surface area contributed by atoms with E-state index in [1.54, 1.807) is 6.92 Å². The van der Waals surface area contributed by atoms with Crippen molar-refractivity contribution >= 4 is 21.9 Å². The van der Waals surface area contributed by atoms with Crippen LogP contribution in [0.25, 0.3) is 0 Å². The quantitative estimate of drug-likeness (QED) is 0.492. The van der Waals surface area contributed by atoms with Crippen LogP contribution in [0.3, 0.4) is 0 Å². The third-order valence-electron chi connectivity index (χ3n) is 5.62. The smallest absolute Gasteiger partial charge is 0.319 e. The number of alkyl halides is 1. The van der Waals surface area contributed by atoms with Crippen LogP contribution < -0.4 is 0 Å². The van der Waals surface area contributed by atoms with Gasteiger partial charge < -0.3 is 14.2 Å². The highest BCUT2D eigenvalue weighted by atomic mass is 79.9. The van der Waals surface area contributed by atoms with Crippen LogP contribution in [0.1, 0.15) is 24.5 Å². The third-order valence-corrected chi connectivity index (χ3v) is 6.00. The molecule has 2 aromatic rings. The Bertz CT molecular complexity index is 751. The van der Waals surface area contributed by atoms with Gasteiger partial charge in [0.1, 0.15) is 4.83 Å². The predicted molar refractivity (Wildman–Crippen MR) is 110 cm³/mol. The molecule has 5 heteroatoms. The fourth-order valence-corrected chi connectivity index (χ4v) is 4.51. The van der Waals surface area contributed by atoms with Crippen molar-refractivity contribution in [2.45, 2.75) is 49.5 Å². The molecule has 0 radical (unpaired) electrons. The van der Waals surface area contributed by atoms with Crippen molar-refractivity contribution in [2.75, 3.05) is 6.61 Å². The molecular weight excluding hydrogens is 420 g/mol. The van der Waals surface area contributed by atoms with Gasteiger partial charge in [0.25, 0.3) is 0 Å². The number of benzene rings is 2. The van der Waals surface area contributed by atoms with Crippen molar-refractivity contribution < 1.29 is 19.0 Å². The standard InChI is InChI=1S/C23H25BrO4/c1-16(24)21(25)28-20-22-26-15-19(27-22)14-23(20,12-17-8-4-2-5-9-17)13-18-10-6-3-7-11-18/h2-11,16,19-20,22H,12-15H2,1H3/t16-,19+,20-,22-/m1/s1. The first-order valence-electron chi connectivity index (χ1n) is 9.75. The van der Waals surface area contributed by atoms with Crippen molar-refractivity contribution in [3.8, 4) is 0 Å². The Morgan fingerprint density at radius 2 is 1.68 bits per heavy atom. The van der Waals surface area contributed by atoms with E-state index in [1.165, 1.54) is 11.1 Å². The van der Waals surface area contributed by atoms with Gasteiger partial charge in [0, 0.05) is 5.41 Å². The van der Waals surface area contributed by atoms with Crippen LogP contribution in [0.4, 0.5) is 0 Å². The summed E-state index contributed by atoms with van der Waals surface area (Å²) in [6.45, 7) is 2.33. The zero-order valence-electron chi connectivity index (χ0n) is 15.9. The Labute approximate surface area is 174 Å². The molecule has 2 aliphatic rings. The molecule has 0 amide bonds. The second kappa shape index (κ2) is 8.36. The van der Waals surface area contributed by atoms with Gasteiger partial charge in [-0.3, -0.25) is 4.79 Å². The summed E-state index contributed by atoms with van der Waals surface area (Å²) in [5.41, 5.74) is 2.17. The number of hydrogen-bond donors (Lipinski definition) is 0. The number of hydrogen-bond acceptors (Lipinski definition) is 4. The van der Waals surface area contributed by atoms with E-state index in [0.29, 0.717) is 6.61 Å². The normalized spacial score (nSPS) is 26.6. The Morgan fingerprint density at radius 3 is 2.21 bits per heavy atom. The topological polar surface area (TPSA) is 44.8 Å². The van der Waals surface area contributed by atoms with Crippen LogP contribution in [-0.2, 0) is 31.8 Å². The van der Waals surface area contributed by atoms with Crippen LogP contribution in [0.15, 0.2) is 60.7 Å². The fourth-order valence-electron chi connectivity index (χ4n) is 4.41. The van der Waals surface area contributed by atoms with Crippen molar-refractivity contribution in [2.24, 2.45) is 5.41 Å². The van der Waals surface area contributed by atoms with E-state index in [9.17, 15) is 4.79 Å². The number of fused-ring (bicyclic) bond motifs is 2. The molecule has 2 aliphatic heterocycles. The molecule has 0 aromatic heterocycles. The molecule has 4 rings (SSSR count). The number of halogens is 1. The second-order valence-corrected chi connectivity index (χ2v) is 9.20. The summed E-state index contributed by atoms with van der Waals surface area (Å²) in [7, 11) is 0. The first-order valence-corrected chi connectivity index (χ1v) is 10.7. The number of rotatable bonds is 6. The molecule has 2 bridgehead atoms. The van der Waals surface area contributed by atoms with Crippen molar-refractivity contribution in [1.82, 2.24) is 0 Å². The molecule has 0 unspecified atom stereocenters. The highest BCUT2D eigenvalue weighted by Crippen LogP contribution is 2.47. The van der Waals surface area contributed by atoms with E-state index in [-0.39, 0.29) is 22.3 Å². The molecule has 0 saturated carbocycles. The first kappa shape index (κ1) is 19.6. The lowest BCUT2D eigenvalue weighted by atomic mass is 9.67. The van der Waals surface area contributed by atoms with E-state index in [4.69, 9.17) is 14.2 Å². The maximum absolute atomic E-state index is 12.5. The highest BCUT2D eigenvalue weighted by molar-refractivity contribution is 9.10. The van der Waals surface area contributed by atoms with Crippen LogP contribution >= 0.6 is 15.9 Å². The molecule has 4 atom stereocenters. The monoisotopic (exact) mass is 444 g/mol. The summed E-state index contributed by atoms with van der Waals surface area (Å²) < 4.78 is 17.9. The molecule has 2 aromatic carbocycles. The van der Waals surface area contributed by atoms with Crippen molar-refractivity contribution in [1.29, 1.82) is 0 Å². The summed E-state index contributed by atoms with van der Waals surface area (Å²) in [6.07, 6.45) is 1.46. The Balaban J connectivity index is 1.72. The predicted octanol–water partition coefficient (Wildman–Crippen LogP) is 4.30. The van der Waals surface area contributed by atoms with Gasteiger partial charge in [0.15, 0.2) is 12.4 Å². The molecule has 2 saturated heterocycles. The summed E-state index contributed by atoms with van der Waals surface area (Å²) in [5, 5.41) is 0. The summed E-state index contributed by atoms with van der Waals surface area (Å²) in [5.74, 6) is -0.284. The Morgan fingerprint density at radius 1 is 1.11 bits per heavy atom. The van der Waals surface area contributed by atoms with Gasteiger partial charge in [-0.05, 0) is 37.3 Å². The lowest BCUT2D eigenvalue weighted by Gasteiger charge is -2.46. The average molecular weight is 445 g/mol. The van der Waals surface area contributed by atoms with Gasteiger partial charge in [-0.15, -0.1) is 0 Å². The van der Waals surface area contributed by atoms with E-state index in [2.05, 4.69) is 64.5 Å². The second-order valence-electron chi connectivity index (χ2n) is 7.82. The fraction of sp³-hybridized carbons (Fsp3) is 0.435. The van der Waals surface area contributed by atoms with Crippen LogP contribution in [0, 0.1) is 5.41 Å². The minimum Gasteiger partial charge on any atom is -0.455 e. The van der Waals surface area contributed by atoms with E-state index >= 15 is 0 Å². The van der Waals surface area contributed by atoms with Gasteiger partial charge in [0.05, 0.1) is 12.7 Å². The van der Waals surface area contributed by atoms with Gasteiger partial charge in [-0.1, -0.05) is 76.6 Å². The molecule has 28 heavy (non-hydrogen) atoms. The van der Waals surface area contributed by atoms with Gasteiger partial charge in [-0.25, -0.2) is 0 Å². The highest BCUT2D eigenvalue weighted by Gasteiger charge is 2.55. The molecule has 2 fully saturated rings. The zero-order valence-corrected chi connectivity index (χ0v) is 17.5. The molecule has 0 N–H and O–H groups in total. The number of esters is 1. The van der Waals surface area contributed by atoms with E-state index in [1.807, 2.05) is 12.1 Å². The number of carbonyl (C=O) groups excluding carboxylic acids is 1. The number of carbonyl (C=O) groups is 1. The Hall–Kier alpha value is -1.69.